The summed E-state index contributed by atoms with van der Waals surface area (Å²) in [7, 11) is 0. The maximum atomic E-state index is 13.5. The largest absolute Gasteiger partial charge is 0.380 e. The monoisotopic (exact) mass is 261 g/mol. The molecule has 19 heavy (non-hydrogen) atoms. The van der Waals surface area contributed by atoms with Crippen LogP contribution in [0.4, 0.5) is 10.1 Å². The van der Waals surface area contributed by atoms with E-state index in [9.17, 15) is 4.39 Å². The zero-order valence-electron chi connectivity index (χ0n) is 11.4. The van der Waals surface area contributed by atoms with E-state index in [1.54, 1.807) is 6.07 Å². The molecule has 2 aromatic rings. The van der Waals surface area contributed by atoms with Crippen molar-refractivity contribution in [1.82, 2.24) is 9.78 Å². The fourth-order valence-corrected chi connectivity index (χ4v) is 2.12. The van der Waals surface area contributed by atoms with Crippen LogP contribution in [0.5, 0.6) is 0 Å². The molecule has 0 aliphatic carbocycles. The second-order valence-corrected chi connectivity index (χ2v) is 4.83. The van der Waals surface area contributed by atoms with E-state index in [4.69, 9.17) is 0 Å². The average molecular weight is 261 g/mol. The third-order valence-electron chi connectivity index (χ3n) is 2.98. The Morgan fingerprint density at radius 3 is 2.89 bits per heavy atom. The van der Waals surface area contributed by atoms with Gasteiger partial charge in [-0.25, -0.2) is 4.39 Å². The summed E-state index contributed by atoms with van der Waals surface area (Å²) in [6.07, 6.45) is 5.52. The average Bonchev–Trinajstić information content (AvgIpc) is 2.80. The van der Waals surface area contributed by atoms with Crippen LogP contribution < -0.4 is 5.32 Å². The first kappa shape index (κ1) is 13.6. The number of rotatable bonds is 6. The lowest BCUT2D eigenvalue weighted by Crippen LogP contribution is -2.18. The summed E-state index contributed by atoms with van der Waals surface area (Å²) in [5.74, 6) is -0.141. The maximum absolute atomic E-state index is 13.5. The third kappa shape index (κ3) is 3.81. The van der Waals surface area contributed by atoms with Crippen LogP contribution in [0.3, 0.4) is 0 Å². The van der Waals surface area contributed by atoms with Gasteiger partial charge in [-0.05, 0) is 31.4 Å². The zero-order valence-corrected chi connectivity index (χ0v) is 11.4. The molecule has 1 N–H and O–H groups in total. The van der Waals surface area contributed by atoms with Gasteiger partial charge in [-0.3, -0.25) is 4.68 Å². The Balaban J connectivity index is 1.93. The van der Waals surface area contributed by atoms with Crippen LogP contribution in [0.15, 0.2) is 36.7 Å². The van der Waals surface area contributed by atoms with E-state index in [1.807, 2.05) is 36.1 Å². The topological polar surface area (TPSA) is 29.9 Å². The first-order valence-corrected chi connectivity index (χ1v) is 6.71. The van der Waals surface area contributed by atoms with Crippen LogP contribution in [0.2, 0.25) is 0 Å². The Morgan fingerprint density at radius 1 is 1.37 bits per heavy atom. The van der Waals surface area contributed by atoms with Gasteiger partial charge < -0.3 is 5.32 Å². The van der Waals surface area contributed by atoms with Crippen LogP contribution in [-0.2, 0) is 13.0 Å². The Labute approximate surface area is 113 Å². The highest BCUT2D eigenvalue weighted by Gasteiger charge is 2.08. The second-order valence-electron chi connectivity index (χ2n) is 4.83. The molecule has 0 aliphatic heterocycles. The van der Waals surface area contributed by atoms with Crippen molar-refractivity contribution in [3.8, 4) is 0 Å². The molecule has 4 heteroatoms. The first-order valence-electron chi connectivity index (χ1n) is 6.71. The van der Waals surface area contributed by atoms with E-state index in [1.165, 1.54) is 6.07 Å². The number of hydrogen-bond acceptors (Lipinski definition) is 2. The van der Waals surface area contributed by atoms with Crippen molar-refractivity contribution in [2.45, 2.75) is 39.3 Å². The van der Waals surface area contributed by atoms with Gasteiger partial charge in [0.05, 0.1) is 11.9 Å². The number of nitrogens with zero attached hydrogens (tertiary/aromatic N) is 2. The fraction of sp³-hybridized carbons (Fsp3) is 0.400. The number of halogens is 1. The van der Waals surface area contributed by atoms with Gasteiger partial charge in [-0.15, -0.1) is 0 Å². The highest BCUT2D eigenvalue weighted by atomic mass is 19.1. The van der Waals surface area contributed by atoms with Crippen LogP contribution >= 0.6 is 0 Å². The molecule has 2 rings (SSSR count). The molecule has 1 heterocycles. The maximum Gasteiger partial charge on any atom is 0.126 e. The van der Waals surface area contributed by atoms with Crippen molar-refractivity contribution in [2.75, 3.05) is 5.32 Å². The summed E-state index contributed by atoms with van der Waals surface area (Å²) in [6.45, 7) is 5.09. The van der Waals surface area contributed by atoms with Crippen molar-refractivity contribution in [2.24, 2.45) is 0 Å². The van der Waals surface area contributed by atoms with E-state index < -0.39 is 0 Å². The summed E-state index contributed by atoms with van der Waals surface area (Å²) in [5, 5.41) is 7.61. The molecule has 1 unspecified atom stereocenters. The molecule has 102 valence electrons. The second kappa shape index (κ2) is 6.36. The van der Waals surface area contributed by atoms with Crippen LogP contribution in [0.1, 0.15) is 25.8 Å². The van der Waals surface area contributed by atoms with Gasteiger partial charge in [0.25, 0.3) is 0 Å². The van der Waals surface area contributed by atoms with Gasteiger partial charge in [0.1, 0.15) is 5.82 Å². The molecular formula is C15H20FN3. The molecule has 0 amide bonds. The minimum Gasteiger partial charge on any atom is -0.380 e. The smallest absolute Gasteiger partial charge is 0.126 e. The molecular weight excluding hydrogens is 241 g/mol. The summed E-state index contributed by atoms with van der Waals surface area (Å²) >= 11 is 0. The van der Waals surface area contributed by atoms with Crippen LogP contribution in [0, 0.1) is 5.82 Å². The number of anilines is 1. The summed E-state index contributed by atoms with van der Waals surface area (Å²) in [4.78, 5) is 0. The van der Waals surface area contributed by atoms with E-state index in [-0.39, 0.29) is 11.9 Å². The molecule has 0 aliphatic rings. The molecule has 0 saturated carbocycles. The molecule has 0 bridgehead atoms. The van der Waals surface area contributed by atoms with Crippen molar-refractivity contribution in [1.29, 1.82) is 0 Å². The normalized spacial score (nSPS) is 12.4. The molecule has 0 fully saturated rings. The van der Waals surface area contributed by atoms with E-state index in [0.29, 0.717) is 6.42 Å². The number of benzene rings is 1. The van der Waals surface area contributed by atoms with Crippen molar-refractivity contribution in [3.05, 3.63) is 48.0 Å². The number of nitrogens with one attached hydrogen (secondary N) is 1. The van der Waals surface area contributed by atoms with Crippen LogP contribution in [0.25, 0.3) is 0 Å². The summed E-state index contributed by atoms with van der Waals surface area (Å²) in [6, 6.07) is 7.07. The van der Waals surface area contributed by atoms with Gasteiger partial charge in [-0.1, -0.05) is 25.1 Å². The molecule has 3 nitrogen and oxygen atoms in total. The molecule has 0 spiro atoms. The summed E-state index contributed by atoms with van der Waals surface area (Å²) < 4.78 is 15.5. The van der Waals surface area contributed by atoms with Gasteiger partial charge >= 0.3 is 0 Å². The lowest BCUT2D eigenvalue weighted by molar-refractivity contribution is 0.600. The lowest BCUT2D eigenvalue weighted by atomic mass is 10.1. The van der Waals surface area contributed by atoms with Crippen molar-refractivity contribution < 1.29 is 4.39 Å². The highest BCUT2D eigenvalue weighted by molar-refractivity contribution is 5.39. The van der Waals surface area contributed by atoms with Gasteiger partial charge in [-0.2, -0.15) is 5.10 Å². The molecule has 1 atom stereocenters. The number of aryl methyl sites for hydroxylation is 1. The van der Waals surface area contributed by atoms with E-state index in [2.05, 4.69) is 17.3 Å². The first-order chi connectivity index (χ1) is 9.19. The quantitative estimate of drug-likeness (QED) is 0.862. The predicted molar refractivity (Wildman–Crippen MR) is 75.7 cm³/mol. The Kier molecular flexibility index (Phi) is 4.55. The molecule has 0 saturated heterocycles. The minimum atomic E-state index is -0.141. The molecule has 1 aromatic heterocycles. The van der Waals surface area contributed by atoms with E-state index >= 15 is 0 Å². The van der Waals surface area contributed by atoms with Crippen LogP contribution in [-0.4, -0.2) is 15.8 Å². The lowest BCUT2D eigenvalue weighted by Gasteiger charge is -2.14. The third-order valence-corrected chi connectivity index (χ3v) is 2.98. The number of aromatic nitrogens is 2. The zero-order chi connectivity index (χ0) is 13.7. The standard InChI is InChI=1S/C15H20FN3/c1-3-8-19-11-14(10-17-19)18-12(2)9-13-6-4-5-7-15(13)16/h4-7,10-12,18H,3,8-9H2,1-2H3. The van der Waals surface area contributed by atoms with Gasteiger partial charge in [0.2, 0.25) is 0 Å². The van der Waals surface area contributed by atoms with Gasteiger partial charge in [0, 0.05) is 18.8 Å². The van der Waals surface area contributed by atoms with Gasteiger partial charge in [0.15, 0.2) is 0 Å². The Bertz CT molecular complexity index is 522. The van der Waals surface area contributed by atoms with E-state index in [0.717, 1.165) is 24.2 Å². The number of hydrogen-bond donors (Lipinski definition) is 1. The molecule has 0 radical (unpaired) electrons. The van der Waals surface area contributed by atoms with Crippen molar-refractivity contribution >= 4 is 5.69 Å². The summed E-state index contributed by atoms with van der Waals surface area (Å²) in [5.41, 5.74) is 1.72. The SMILES string of the molecule is CCCn1cc(NC(C)Cc2ccccc2F)cn1. The Hall–Kier alpha value is -1.84. The Morgan fingerprint density at radius 2 is 2.16 bits per heavy atom. The molecule has 1 aromatic carbocycles. The van der Waals surface area contributed by atoms with Crippen molar-refractivity contribution in [3.63, 3.8) is 0 Å². The highest BCUT2D eigenvalue weighted by Crippen LogP contribution is 2.13. The fourth-order valence-electron chi connectivity index (χ4n) is 2.12. The predicted octanol–water partition coefficient (Wildman–Crippen LogP) is 3.48. The minimum absolute atomic E-state index is 0.141.